The molecular formula is C18H19ClN2O3. The largest absolute Gasteiger partial charge is 0.493 e. The van der Waals surface area contributed by atoms with Gasteiger partial charge in [-0.2, -0.15) is 0 Å². The Hall–Kier alpha value is -2.24. The highest BCUT2D eigenvalue weighted by molar-refractivity contribution is 6.31. The first-order valence-corrected chi connectivity index (χ1v) is 7.98. The summed E-state index contributed by atoms with van der Waals surface area (Å²) in [6.45, 7) is 0.356. The zero-order valence-corrected chi connectivity index (χ0v) is 14.3. The number of rotatable bonds is 4. The van der Waals surface area contributed by atoms with Gasteiger partial charge in [0.15, 0.2) is 11.5 Å². The van der Waals surface area contributed by atoms with Crippen LogP contribution in [0.5, 0.6) is 11.5 Å². The van der Waals surface area contributed by atoms with Crippen molar-refractivity contribution in [2.75, 3.05) is 19.1 Å². The van der Waals surface area contributed by atoms with E-state index in [0.717, 1.165) is 16.8 Å². The first-order chi connectivity index (χ1) is 11.5. The van der Waals surface area contributed by atoms with Crippen LogP contribution in [0.4, 0.5) is 5.69 Å². The second-order valence-electron chi connectivity index (χ2n) is 5.66. The number of nitrogens with two attached hydrogens (primary N) is 1. The van der Waals surface area contributed by atoms with Crippen LogP contribution in [-0.2, 0) is 17.8 Å². The molecule has 0 aliphatic carbocycles. The van der Waals surface area contributed by atoms with Gasteiger partial charge in [0.05, 0.1) is 32.5 Å². The van der Waals surface area contributed by atoms with Gasteiger partial charge in [-0.1, -0.05) is 29.8 Å². The molecule has 0 saturated carbocycles. The summed E-state index contributed by atoms with van der Waals surface area (Å²) in [5.74, 6) is 1.06. The van der Waals surface area contributed by atoms with E-state index >= 15 is 0 Å². The predicted molar refractivity (Wildman–Crippen MR) is 93.9 cm³/mol. The lowest BCUT2D eigenvalue weighted by molar-refractivity contribution is -0.120. The molecule has 0 aromatic heterocycles. The highest BCUT2D eigenvalue weighted by Gasteiger charge is 2.32. The zero-order chi connectivity index (χ0) is 17.3. The fraction of sp³-hybridized carbons (Fsp3) is 0.278. The second kappa shape index (κ2) is 6.71. The highest BCUT2D eigenvalue weighted by Crippen LogP contribution is 2.39. The van der Waals surface area contributed by atoms with E-state index in [2.05, 4.69) is 0 Å². The predicted octanol–water partition coefficient (Wildman–Crippen LogP) is 2.77. The molecule has 5 nitrogen and oxygen atoms in total. The average molecular weight is 347 g/mol. The Balaban J connectivity index is 2.06. The number of ether oxygens (including phenoxy) is 2. The second-order valence-corrected chi connectivity index (χ2v) is 6.07. The van der Waals surface area contributed by atoms with E-state index in [1.807, 2.05) is 30.3 Å². The standard InChI is InChI=1S/C18H19ClN2O3/c1-23-16-8-12-7-14(20)18(22)21(15(12)9-17(16)24-2)10-11-5-3-4-6-13(11)19/h3-6,8-9,14H,7,10,20H2,1-2H3. The lowest BCUT2D eigenvalue weighted by Gasteiger charge is -2.33. The number of amides is 1. The van der Waals surface area contributed by atoms with Crippen molar-refractivity contribution in [3.8, 4) is 11.5 Å². The first-order valence-electron chi connectivity index (χ1n) is 7.60. The van der Waals surface area contributed by atoms with Crippen LogP contribution in [0.1, 0.15) is 11.1 Å². The summed E-state index contributed by atoms with van der Waals surface area (Å²) in [5.41, 5.74) is 8.63. The summed E-state index contributed by atoms with van der Waals surface area (Å²) in [6, 6.07) is 10.6. The van der Waals surface area contributed by atoms with E-state index in [1.165, 1.54) is 0 Å². The molecule has 24 heavy (non-hydrogen) atoms. The fourth-order valence-corrected chi connectivity index (χ4v) is 3.12. The number of hydrogen-bond acceptors (Lipinski definition) is 4. The number of carbonyl (C=O) groups is 1. The quantitative estimate of drug-likeness (QED) is 0.924. The van der Waals surface area contributed by atoms with Crippen LogP contribution in [0.25, 0.3) is 0 Å². The topological polar surface area (TPSA) is 64.8 Å². The fourth-order valence-electron chi connectivity index (χ4n) is 2.93. The molecule has 2 aromatic carbocycles. The van der Waals surface area contributed by atoms with Crippen molar-refractivity contribution in [2.45, 2.75) is 19.0 Å². The van der Waals surface area contributed by atoms with Crippen molar-refractivity contribution in [1.82, 2.24) is 0 Å². The molecule has 126 valence electrons. The van der Waals surface area contributed by atoms with Crippen molar-refractivity contribution in [2.24, 2.45) is 5.73 Å². The number of fused-ring (bicyclic) bond motifs is 1. The lowest BCUT2D eigenvalue weighted by Crippen LogP contribution is -2.48. The third-order valence-corrected chi connectivity index (χ3v) is 4.55. The summed E-state index contributed by atoms with van der Waals surface area (Å²) in [5, 5.41) is 0.617. The summed E-state index contributed by atoms with van der Waals surface area (Å²) < 4.78 is 10.7. The maximum Gasteiger partial charge on any atom is 0.244 e. The molecule has 0 radical (unpaired) electrons. The number of halogens is 1. The van der Waals surface area contributed by atoms with E-state index in [-0.39, 0.29) is 5.91 Å². The van der Waals surface area contributed by atoms with E-state index < -0.39 is 6.04 Å². The molecule has 1 atom stereocenters. The average Bonchev–Trinajstić information content (AvgIpc) is 2.59. The zero-order valence-electron chi connectivity index (χ0n) is 13.6. The summed E-state index contributed by atoms with van der Waals surface area (Å²) in [6.07, 6.45) is 0.466. The molecule has 2 aromatic rings. The highest BCUT2D eigenvalue weighted by atomic mass is 35.5. The van der Waals surface area contributed by atoms with E-state index in [4.69, 9.17) is 26.8 Å². The minimum absolute atomic E-state index is 0.130. The number of methoxy groups -OCH3 is 2. The Labute approximate surface area is 145 Å². The molecule has 1 heterocycles. The maximum absolute atomic E-state index is 12.6. The Kier molecular flexibility index (Phi) is 4.64. The number of carbonyl (C=O) groups excluding carboxylic acids is 1. The summed E-state index contributed by atoms with van der Waals surface area (Å²) >= 11 is 6.25. The van der Waals surface area contributed by atoms with Gasteiger partial charge >= 0.3 is 0 Å². The van der Waals surface area contributed by atoms with Crippen molar-refractivity contribution in [3.05, 3.63) is 52.5 Å². The normalized spacial score (nSPS) is 16.8. The van der Waals surface area contributed by atoms with Crippen LogP contribution in [0.3, 0.4) is 0 Å². The third-order valence-electron chi connectivity index (χ3n) is 4.18. The number of hydrogen-bond donors (Lipinski definition) is 1. The van der Waals surface area contributed by atoms with Crippen LogP contribution in [0.2, 0.25) is 5.02 Å². The molecular weight excluding hydrogens is 328 g/mol. The van der Waals surface area contributed by atoms with Gasteiger partial charge in [-0.25, -0.2) is 0 Å². The van der Waals surface area contributed by atoms with Crippen LogP contribution in [0, 0.1) is 0 Å². The molecule has 1 aliphatic rings. The molecule has 2 N–H and O–H groups in total. The van der Waals surface area contributed by atoms with Gasteiger partial charge in [-0.15, -0.1) is 0 Å². The molecule has 0 bridgehead atoms. The van der Waals surface area contributed by atoms with Gasteiger partial charge in [-0.05, 0) is 29.7 Å². The number of anilines is 1. The molecule has 6 heteroatoms. The minimum atomic E-state index is -0.585. The maximum atomic E-state index is 12.6. The Morgan fingerprint density at radius 3 is 2.54 bits per heavy atom. The molecule has 1 unspecified atom stereocenters. The van der Waals surface area contributed by atoms with E-state index in [9.17, 15) is 4.79 Å². The van der Waals surface area contributed by atoms with Crippen molar-refractivity contribution in [3.63, 3.8) is 0 Å². The Bertz CT molecular complexity index is 779. The number of nitrogens with zero attached hydrogens (tertiary/aromatic N) is 1. The third kappa shape index (κ3) is 2.92. The molecule has 0 saturated heterocycles. The summed E-state index contributed by atoms with van der Waals surface area (Å²) in [4.78, 5) is 14.3. The van der Waals surface area contributed by atoms with Crippen molar-refractivity contribution < 1.29 is 14.3 Å². The van der Waals surface area contributed by atoms with Gasteiger partial charge < -0.3 is 20.1 Å². The van der Waals surface area contributed by atoms with Crippen LogP contribution >= 0.6 is 11.6 Å². The molecule has 1 aliphatic heterocycles. The smallest absolute Gasteiger partial charge is 0.244 e. The van der Waals surface area contributed by atoms with Gasteiger partial charge in [0.25, 0.3) is 0 Å². The van der Waals surface area contributed by atoms with Crippen LogP contribution in [0.15, 0.2) is 36.4 Å². The van der Waals surface area contributed by atoms with Gasteiger partial charge in [0.2, 0.25) is 5.91 Å². The van der Waals surface area contributed by atoms with E-state index in [1.54, 1.807) is 25.2 Å². The minimum Gasteiger partial charge on any atom is -0.493 e. The SMILES string of the molecule is COc1cc2c(cc1OC)N(Cc1ccccc1Cl)C(=O)C(N)C2. The molecule has 0 fully saturated rings. The monoisotopic (exact) mass is 346 g/mol. The van der Waals surface area contributed by atoms with Crippen molar-refractivity contribution >= 4 is 23.2 Å². The van der Waals surface area contributed by atoms with Crippen molar-refractivity contribution in [1.29, 1.82) is 0 Å². The Morgan fingerprint density at radius 2 is 1.88 bits per heavy atom. The van der Waals surface area contributed by atoms with Gasteiger partial charge in [-0.3, -0.25) is 4.79 Å². The molecule has 0 spiro atoms. The summed E-state index contributed by atoms with van der Waals surface area (Å²) in [7, 11) is 3.15. The lowest BCUT2D eigenvalue weighted by atomic mass is 9.96. The van der Waals surface area contributed by atoms with Gasteiger partial charge in [0, 0.05) is 11.1 Å². The Morgan fingerprint density at radius 1 is 1.21 bits per heavy atom. The first kappa shape index (κ1) is 16.6. The van der Waals surface area contributed by atoms with Crippen LogP contribution < -0.4 is 20.1 Å². The van der Waals surface area contributed by atoms with Crippen LogP contribution in [-0.4, -0.2) is 26.2 Å². The van der Waals surface area contributed by atoms with E-state index in [0.29, 0.717) is 29.5 Å². The van der Waals surface area contributed by atoms with Gasteiger partial charge in [0.1, 0.15) is 0 Å². The molecule has 1 amide bonds. The molecule has 3 rings (SSSR count). The number of benzene rings is 2.